The van der Waals surface area contributed by atoms with E-state index < -0.39 is 5.82 Å². The second kappa shape index (κ2) is 4.03. The normalized spacial score (nSPS) is 9.38. The van der Waals surface area contributed by atoms with Gasteiger partial charge in [-0.05, 0) is 6.07 Å². The van der Waals surface area contributed by atoms with Crippen LogP contribution in [0.2, 0.25) is 5.02 Å². The number of isocyanates is 1. The third-order valence-electron chi connectivity index (χ3n) is 1.46. The fraction of sp³-hybridized carbons (Fsp3) is 0.125. The van der Waals surface area contributed by atoms with Crippen LogP contribution in [0.5, 0.6) is 5.75 Å². The Balaban J connectivity index is 3.10. The van der Waals surface area contributed by atoms with Crippen LogP contribution in [-0.2, 0) is 11.3 Å². The summed E-state index contributed by atoms with van der Waals surface area (Å²) in [5, 5.41) is 8.61. The van der Waals surface area contributed by atoms with E-state index in [0.717, 1.165) is 0 Å². The lowest BCUT2D eigenvalue weighted by Crippen LogP contribution is -1.89. The minimum Gasteiger partial charge on any atom is -0.506 e. The summed E-state index contributed by atoms with van der Waals surface area (Å²) in [7, 11) is 0. The molecule has 0 amide bonds. The molecule has 1 N–H and O–H groups in total. The predicted molar refractivity (Wildman–Crippen MR) is 44.9 cm³/mol. The van der Waals surface area contributed by atoms with Gasteiger partial charge in [0.05, 0.1) is 6.54 Å². The molecule has 0 saturated heterocycles. The van der Waals surface area contributed by atoms with Gasteiger partial charge in [-0.3, -0.25) is 0 Å². The van der Waals surface area contributed by atoms with Crippen molar-refractivity contribution in [3.05, 3.63) is 28.5 Å². The number of hydrogen-bond donors (Lipinski definition) is 1. The summed E-state index contributed by atoms with van der Waals surface area (Å²) in [6.07, 6.45) is 1.28. The molecule has 1 aromatic carbocycles. The molecule has 0 saturated carbocycles. The highest BCUT2D eigenvalue weighted by atomic mass is 35.5. The molecular formula is C8H5ClFNO2. The van der Waals surface area contributed by atoms with E-state index in [-0.39, 0.29) is 22.9 Å². The zero-order valence-corrected chi connectivity index (χ0v) is 7.18. The Hall–Kier alpha value is -1.38. The van der Waals surface area contributed by atoms with Crippen LogP contribution in [0, 0.1) is 5.82 Å². The Morgan fingerprint density at radius 2 is 2.31 bits per heavy atom. The van der Waals surface area contributed by atoms with Gasteiger partial charge in [0, 0.05) is 5.56 Å². The molecular weight excluding hydrogens is 197 g/mol. The van der Waals surface area contributed by atoms with E-state index in [0.29, 0.717) is 0 Å². The Bertz CT molecular complexity index is 375. The smallest absolute Gasteiger partial charge is 0.235 e. The predicted octanol–water partition coefficient (Wildman–Crippen LogP) is 2.02. The summed E-state index contributed by atoms with van der Waals surface area (Å²) >= 11 is 5.40. The topological polar surface area (TPSA) is 49.7 Å². The summed E-state index contributed by atoms with van der Waals surface area (Å²) in [6.45, 7) is -0.130. The summed E-state index contributed by atoms with van der Waals surface area (Å²) < 4.78 is 13.1. The standard InChI is InChI=1S/C8H5ClFNO2/c9-7-6(13)2-1-5(8(7)10)3-11-4-12/h1-2,13H,3H2. The Morgan fingerprint density at radius 1 is 1.62 bits per heavy atom. The molecule has 0 heterocycles. The van der Waals surface area contributed by atoms with Crippen LogP contribution < -0.4 is 0 Å². The van der Waals surface area contributed by atoms with E-state index in [1.165, 1.54) is 18.2 Å². The van der Waals surface area contributed by atoms with Crippen LogP contribution in [0.15, 0.2) is 17.1 Å². The first-order valence-corrected chi connectivity index (χ1v) is 3.74. The van der Waals surface area contributed by atoms with Crippen molar-refractivity contribution >= 4 is 17.7 Å². The van der Waals surface area contributed by atoms with Gasteiger partial charge in [-0.1, -0.05) is 17.7 Å². The molecule has 0 aliphatic heterocycles. The maximum Gasteiger partial charge on any atom is 0.235 e. The number of phenolic OH excluding ortho intramolecular Hbond substituents is 1. The van der Waals surface area contributed by atoms with Gasteiger partial charge in [0.1, 0.15) is 10.8 Å². The van der Waals surface area contributed by atoms with Crippen molar-refractivity contribution in [1.82, 2.24) is 0 Å². The molecule has 1 aromatic rings. The molecule has 0 fully saturated rings. The number of rotatable bonds is 2. The van der Waals surface area contributed by atoms with E-state index in [4.69, 9.17) is 16.7 Å². The average Bonchev–Trinajstić information content (AvgIpc) is 2.13. The van der Waals surface area contributed by atoms with Gasteiger partial charge in [0.2, 0.25) is 6.08 Å². The lowest BCUT2D eigenvalue weighted by Gasteiger charge is -2.01. The number of aromatic hydroxyl groups is 1. The summed E-state index contributed by atoms with van der Waals surface area (Å²) in [6, 6.07) is 2.54. The molecule has 5 heteroatoms. The number of carbonyl (C=O) groups excluding carboxylic acids is 1. The van der Waals surface area contributed by atoms with Gasteiger partial charge in [-0.2, -0.15) is 0 Å². The fourth-order valence-electron chi connectivity index (χ4n) is 0.819. The van der Waals surface area contributed by atoms with Crippen LogP contribution in [0.4, 0.5) is 4.39 Å². The van der Waals surface area contributed by atoms with Gasteiger partial charge in [0.25, 0.3) is 0 Å². The fourth-order valence-corrected chi connectivity index (χ4v) is 1.00. The van der Waals surface area contributed by atoms with Crippen molar-refractivity contribution < 1.29 is 14.3 Å². The van der Waals surface area contributed by atoms with Crippen molar-refractivity contribution in [1.29, 1.82) is 0 Å². The van der Waals surface area contributed by atoms with Crippen molar-refractivity contribution in [2.75, 3.05) is 0 Å². The van der Waals surface area contributed by atoms with Crippen molar-refractivity contribution in [2.24, 2.45) is 4.99 Å². The lowest BCUT2D eigenvalue weighted by atomic mass is 10.2. The molecule has 0 aliphatic rings. The number of benzene rings is 1. The van der Waals surface area contributed by atoms with Gasteiger partial charge >= 0.3 is 0 Å². The van der Waals surface area contributed by atoms with Crippen LogP contribution in [0.25, 0.3) is 0 Å². The average molecular weight is 202 g/mol. The molecule has 13 heavy (non-hydrogen) atoms. The highest BCUT2D eigenvalue weighted by Crippen LogP contribution is 2.28. The van der Waals surface area contributed by atoms with Crippen LogP contribution in [-0.4, -0.2) is 11.2 Å². The van der Waals surface area contributed by atoms with E-state index >= 15 is 0 Å². The molecule has 0 bridgehead atoms. The SMILES string of the molecule is O=C=NCc1ccc(O)c(Cl)c1F. The number of hydrogen-bond acceptors (Lipinski definition) is 3. The zero-order valence-electron chi connectivity index (χ0n) is 6.42. The van der Waals surface area contributed by atoms with Crippen LogP contribution in [0.3, 0.4) is 0 Å². The van der Waals surface area contributed by atoms with Gasteiger partial charge in [-0.15, -0.1) is 0 Å². The maximum absolute atomic E-state index is 13.1. The third-order valence-corrected chi connectivity index (χ3v) is 1.82. The Morgan fingerprint density at radius 3 is 2.92 bits per heavy atom. The quantitative estimate of drug-likeness (QED) is 0.588. The Labute approximate surface area is 78.5 Å². The van der Waals surface area contributed by atoms with E-state index in [9.17, 15) is 9.18 Å². The Kier molecular flexibility index (Phi) is 3.01. The lowest BCUT2D eigenvalue weighted by molar-refractivity contribution is 0.468. The van der Waals surface area contributed by atoms with E-state index in [2.05, 4.69) is 4.99 Å². The highest BCUT2D eigenvalue weighted by Gasteiger charge is 2.09. The molecule has 0 atom stereocenters. The minimum atomic E-state index is -0.763. The molecule has 1 rings (SSSR count). The maximum atomic E-state index is 13.1. The minimum absolute atomic E-state index is 0.130. The van der Waals surface area contributed by atoms with Gasteiger partial charge in [0.15, 0.2) is 5.82 Å². The summed E-state index contributed by atoms with van der Waals surface area (Å²) in [5.41, 5.74) is 0.145. The third kappa shape index (κ3) is 2.05. The summed E-state index contributed by atoms with van der Waals surface area (Å²) in [4.78, 5) is 12.9. The van der Waals surface area contributed by atoms with E-state index in [1.807, 2.05) is 0 Å². The first-order chi connectivity index (χ1) is 6.16. The second-order valence-electron chi connectivity index (χ2n) is 2.28. The number of halogens is 2. The highest BCUT2D eigenvalue weighted by molar-refractivity contribution is 6.32. The molecule has 3 nitrogen and oxygen atoms in total. The molecule has 0 radical (unpaired) electrons. The molecule has 0 aliphatic carbocycles. The molecule has 0 unspecified atom stereocenters. The number of aliphatic imine (C=N–C) groups is 1. The zero-order chi connectivity index (χ0) is 9.84. The first-order valence-electron chi connectivity index (χ1n) is 3.36. The molecule has 0 aromatic heterocycles. The summed E-state index contributed by atoms with van der Waals surface area (Å²) in [5.74, 6) is -1.10. The second-order valence-corrected chi connectivity index (χ2v) is 2.66. The molecule has 68 valence electrons. The van der Waals surface area contributed by atoms with Gasteiger partial charge < -0.3 is 5.11 Å². The van der Waals surface area contributed by atoms with E-state index in [1.54, 1.807) is 0 Å². The number of phenols is 1. The monoisotopic (exact) mass is 201 g/mol. The van der Waals surface area contributed by atoms with Gasteiger partial charge in [-0.25, -0.2) is 14.2 Å². The molecule has 0 spiro atoms. The number of nitrogens with zero attached hydrogens (tertiary/aromatic N) is 1. The van der Waals surface area contributed by atoms with Crippen molar-refractivity contribution in [2.45, 2.75) is 6.54 Å². The van der Waals surface area contributed by atoms with Crippen LogP contribution in [0.1, 0.15) is 5.56 Å². The van der Waals surface area contributed by atoms with Crippen LogP contribution >= 0.6 is 11.6 Å². The largest absolute Gasteiger partial charge is 0.506 e. The van der Waals surface area contributed by atoms with Crippen molar-refractivity contribution in [3.8, 4) is 5.75 Å². The first kappa shape index (κ1) is 9.71. The van der Waals surface area contributed by atoms with Crippen molar-refractivity contribution in [3.63, 3.8) is 0 Å².